The molecule has 0 amide bonds. The highest BCUT2D eigenvalue weighted by Gasteiger charge is 1.57. The fourth-order valence-corrected chi connectivity index (χ4v) is 0. The van der Waals surface area contributed by atoms with Crippen LogP contribution < -0.4 is 5.50 Å². The topological polar surface area (TPSA) is 43.1 Å². The summed E-state index contributed by atoms with van der Waals surface area (Å²) in [5.74, 6) is 0. The van der Waals surface area contributed by atoms with Crippen molar-refractivity contribution in [1.29, 1.82) is 0 Å². The van der Waals surface area contributed by atoms with Crippen molar-refractivity contribution in [2.45, 2.75) is 0 Å². The maximum absolute atomic E-state index is 9.41. The molecule has 0 heterocycles. The van der Waals surface area contributed by atoms with E-state index in [0.29, 0.717) is 0 Å². The van der Waals surface area contributed by atoms with Crippen molar-refractivity contribution in [3.8, 4) is 0 Å². The molecule has 0 radical (unpaired) electrons. The number of nitrogens with two attached hydrogens (primary N) is 1. The van der Waals surface area contributed by atoms with E-state index in [4.69, 9.17) is 0 Å². The molecule has 0 aliphatic carbocycles. The number of hydrogen-bond acceptors (Lipinski definition) is 1. The molecule has 0 spiro atoms. The summed E-state index contributed by atoms with van der Waals surface area (Å²) in [6.07, 6.45) is 0. The van der Waals surface area contributed by atoms with Gasteiger partial charge in [-0.25, -0.2) is 0 Å². The quantitative estimate of drug-likeness (QED) is 0.417. The molecule has 0 bridgehead atoms. The van der Waals surface area contributed by atoms with Crippen LogP contribution in [0.5, 0.6) is 0 Å². The summed E-state index contributed by atoms with van der Waals surface area (Å²) >= 11 is 0. The lowest BCUT2D eigenvalue weighted by Crippen LogP contribution is -1.67. The van der Waals surface area contributed by atoms with Crippen LogP contribution >= 0.6 is 7.95 Å². The van der Waals surface area contributed by atoms with Crippen molar-refractivity contribution in [3.63, 3.8) is 0 Å². The van der Waals surface area contributed by atoms with Gasteiger partial charge in [-0.3, -0.25) is 5.50 Å². The van der Waals surface area contributed by atoms with Gasteiger partial charge in [0.15, 0.2) is 0 Å². The molecule has 2 nitrogen and oxygen atoms in total. The van der Waals surface area contributed by atoms with Crippen molar-refractivity contribution in [2.24, 2.45) is 5.50 Å². The predicted molar refractivity (Wildman–Crippen MR) is 19.1 cm³/mol. The van der Waals surface area contributed by atoms with E-state index in [2.05, 4.69) is 5.50 Å². The summed E-state index contributed by atoms with van der Waals surface area (Å²) < 4.78 is 9.41. The molecule has 0 saturated carbocycles. The van der Waals surface area contributed by atoms with Crippen molar-refractivity contribution in [3.05, 3.63) is 0 Å². The van der Waals surface area contributed by atoms with Crippen LogP contribution in [0, 0.1) is 0 Å². The van der Waals surface area contributed by atoms with Crippen molar-refractivity contribution in [2.75, 3.05) is 6.66 Å². The van der Waals surface area contributed by atoms with Crippen LogP contribution in [0.1, 0.15) is 0 Å². The first-order valence-corrected chi connectivity index (χ1v) is 2.98. The van der Waals surface area contributed by atoms with E-state index in [-0.39, 0.29) is 0 Å². The first-order chi connectivity index (χ1) is 1.73. The molecule has 4 heavy (non-hydrogen) atoms. The van der Waals surface area contributed by atoms with Crippen LogP contribution in [0.4, 0.5) is 0 Å². The van der Waals surface area contributed by atoms with Crippen molar-refractivity contribution < 1.29 is 4.57 Å². The van der Waals surface area contributed by atoms with Gasteiger partial charge >= 0.3 is 0 Å². The van der Waals surface area contributed by atoms with Crippen LogP contribution in [0.25, 0.3) is 0 Å². The fraction of sp³-hybridized carbons (Fsp3) is 1.00. The molecule has 26 valence electrons. The molecule has 0 aromatic heterocycles. The smallest absolute Gasteiger partial charge is 0.130 e. The molecule has 2 N–H and O–H groups in total. The fourth-order valence-electron chi connectivity index (χ4n) is 0. The summed E-state index contributed by atoms with van der Waals surface area (Å²) in [6.45, 7) is 1.49. The van der Waals surface area contributed by atoms with E-state index in [1.54, 1.807) is 0 Å². The highest BCUT2D eigenvalue weighted by atomic mass is 31.1. The zero-order chi connectivity index (χ0) is 3.58. The SMILES string of the molecule is C[PH](N)=O. The summed E-state index contributed by atoms with van der Waals surface area (Å²) in [6, 6.07) is 0. The van der Waals surface area contributed by atoms with Gasteiger partial charge in [0.05, 0.1) is 0 Å². The Kier molecular flexibility index (Phi) is 1.57. The Balaban J connectivity index is 2.80. The van der Waals surface area contributed by atoms with E-state index in [0.717, 1.165) is 0 Å². The molecular weight excluding hydrogens is 73.0 g/mol. The van der Waals surface area contributed by atoms with Gasteiger partial charge in [-0.2, -0.15) is 0 Å². The highest BCUT2D eigenvalue weighted by Crippen LogP contribution is 1.92. The van der Waals surface area contributed by atoms with Crippen LogP contribution in [-0.2, 0) is 4.57 Å². The molecule has 0 fully saturated rings. The minimum absolute atomic E-state index is 1.49. The second-order valence-corrected chi connectivity index (χ2v) is 1.83. The van der Waals surface area contributed by atoms with E-state index >= 15 is 0 Å². The van der Waals surface area contributed by atoms with Gasteiger partial charge in [0, 0.05) is 0 Å². The minimum Gasteiger partial charge on any atom is -0.311 e. The third kappa shape index (κ3) is 85.9. The Morgan fingerprint density at radius 3 is 2.00 bits per heavy atom. The highest BCUT2D eigenvalue weighted by molar-refractivity contribution is 7.40. The van der Waals surface area contributed by atoms with Crippen molar-refractivity contribution in [1.82, 2.24) is 0 Å². The Hall–Kier alpha value is 0.190. The zero-order valence-electron chi connectivity index (χ0n) is 2.49. The molecule has 0 aromatic rings. The Labute approximate surface area is 25.8 Å². The molecule has 0 saturated heterocycles. The molecule has 0 rings (SSSR count). The van der Waals surface area contributed by atoms with Gasteiger partial charge in [-0.05, 0) is 6.66 Å². The second-order valence-electron chi connectivity index (χ2n) is 0.611. The van der Waals surface area contributed by atoms with Crippen LogP contribution in [0.3, 0.4) is 0 Å². The average Bonchev–Trinajstić information content (AvgIpc) is 0.811. The Morgan fingerprint density at radius 1 is 2.00 bits per heavy atom. The average molecular weight is 79.0 g/mol. The maximum Gasteiger partial charge on any atom is 0.130 e. The normalized spacial score (nSPS) is 15.5. The van der Waals surface area contributed by atoms with Crippen LogP contribution in [-0.4, -0.2) is 6.66 Å². The van der Waals surface area contributed by atoms with Crippen LogP contribution in [0.15, 0.2) is 0 Å². The number of rotatable bonds is 0. The van der Waals surface area contributed by atoms with Gasteiger partial charge in [-0.15, -0.1) is 0 Å². The van der Waals surface area contributed by atoms with E-state index in [1.807, 2.05) is 0 Å². The van der Waals surface area contributed by atoms with Gasteiger partial charge in [-0.1, -0.05) is 0 Å². The Morgan fingerprint density at radius 2 is 2.00 bits per heavy atom. The lowest BCUT2D eigenvalue weighted by molar-refractivity contribution is 0.592. The lowest BCUT2D eigenvalue weighted by Gasteiger charge is -1.62. The summed E-state index contributed by atoms with van der Waals surface area (Å²) in [7, 11) is -1.63. The Bertz CT molecular complexity index is 31.0. The van der Waals surface area contributed by atoms with Gasteiger partial charge in [0.25, 0.3) is 0 Å². The first kappa shape index (κ1) is 4.19. The molecule has 0 aliphatic rings. The monoisotopic (exact) mass is 79.0 g/mol. The van der Waals surface area contributed by atoms with Crippen molar-refractivity contribution >= 4 is 7.95 Å². The summed E-state index contributed by atoms with van der Waals surface area (Å²) in [5, 5.41) is 0. The number of hydrogen-bond donors (Lipinski definition) is 1. The molecular formula is CH6NOP. The van der Waals surface area contributed by atoms with E-state index < -0.39 is 7.95 Å². The zero-order valence-corrected chi connectivity index (χ0v) is 3.49. The van der Waals surface area contributed by atoms with Gasteiger partial charge < -0.3 is 4.57 Å². The summed E-state index contributed by atoms with van der Waals surface area (Å²) in [5.41, 5.74) is 4.66. The second kappa shape index (κ2) is 1.50. The van der Waals surface area contributed by atoms with Crippen LogP contribution in [0.2, 0.25) is 0 Å². The molecule has 1 atom stereocenters. The standard InChI is InChI=1S/CH6NOP/c1-4(2)3/h4H,1H3,(H2,2,3). The molecule has 3 heteroatoms. The van der Waals surface area contributed by atoms with Gasteiger partial charge in [0.1, 0.15) is 7.95 Å². The van der Waals surface area contributed by atoms with Gasteiger partial charge in [0.2, 0.25) is 0 Å². The van der Waals surface area contributed by atoms with E-state index in [9.17, 15) is 4.57 Å². The lowest BCUT2D eigenvalue weighted by atomic mass is 12.0. The summed E-state index contributed by atoms with van der Waals surface area (Å²) in [4.78, 5) is 0. The molecule has 0 aliphatic heterocycles. The minimum atomic E-state index is -1.63. The largest absolute Gasteiger partial charge is 0.311 e. The van der Waals surface area contributed by atoms with E-state index in [1.165, 1.54) is 6.66 Å². The predicted octanol–water partition coefficient (Wildman–Crippen LogP) is 0.0496. The third-order valence-electron chi connectivity index (χ3n) is 0. The first-order valence-electron chi connectivity index (χ1n) is 0.993. The molecule has 0 aromatic carbocycles. The molecule has 1 unspecified atom stereocenters. The third-order valence-corrected chi connectivity index (χ3v) is 0. The maximum atomic E-state index is 9.41.